The fourth-order valence-corrected chi connectivity index (χ4v) is 6.03. The number of imide groups is 1. The highest BCUT2D eigenvalue weighted by molar-refractivity contribution is 14.1. The summed E-state index contributed by atoms with van der Waals surface area (Å²) in [6.45, 7) is 6.24. The van der Waals surface area contributed by atoms with Gasteiger partial charge in [0.15, 0.2) is 11.5 Å². The lowest BCUT2D eigenvalue weighted by molar-refractivity contribution is -0.127. The van der Waals surface area contributed by atoms with Crippen LogP contribution in [-0.2, 0) is 16.2 Å². The van der Waals surface area contributed by atoms with Crippen molar-refractivity contribution >= 4 is 86.4 Å². The lowest BCUT2D eigenvalue weighted by Crippen LogP contribution is -2.36. The van der Waals surface area contributed by atoms with Crippen LogP contribution in [0.5, 0.6) is 11.5 Å². The number of rotatable bonds is 10. The summed E-state index contributed by atoms with van der Waals surface area (Å²) in [5, 5.41) is 3.27. The van der Waals surface area contributed by atoms with E-state index in [9.17, 15) is 14.4 Å². The van der Waals surface area contributed by atoms with Crippen molar-refractivity contribution in [3.63, 3.8) is 0 Å². The fraction of sp³-hybridized carbons (Fsp3) is 0.233. The van der Waals surface area contributed by atoms with Crippen molar-refractivity contribution in [1.29, 1.82) is 0 Å². The Bertz CT molecular complexity index is 1510. The molecule has 0 saturated carbocycles. The van der Waals surface area contributed by atoms with E-state index in [2.05, 4.69) is 41.8 Å². The van der Waals surface area contributed by atoms with E-state index in [4.69, 9.17) is 32.7 Å². The molecular formula is C30H27Cl2IN2O5S. The second kappa shape index (κ2) is 14.0. The van der Waals surface area contributed by atoms with E-state index in [-0.39, 0.29) is 18.1 Å². The van der Waals surface area contributed by atoms with Gasteiger partial charge in [-0.3, -0.25) is 19.3 Å². The van der Waals surface area contributed by atoms with Gasteiger partial charge in [-0.05, 0) is 101 Å². The highest BCUT2D eigenvalue weighted by Crippen LogP contribution is 2.38. The van der Waals surface area contributed by atoms with Crippen molar-refractivity contribution in [2.24, 2.45) is 0 Å². The van der Waals surface area contributed by atoms with Crippen LogP contribution in [0.3, 0.4) is 0 Å². The number of carbonyl (C=O) groups excluding carboxylic acids is 3. The molecule has 4 rings (SSSR count). The maximum Gasteiger partial charge on any atom is 0.294 e. The summed E-state index contributed by atoms with van der Waals surface area (Å²) in [5.41, 5.74) is 3.16. The second-order valence-electron chi connectivity index (χ2n) is 9.38. The fourth-order valence-electron chi connectivity index (χ4n) is 3.95. The number of halogens is 3. The van der Waals surface area contributed by atoms with E-state index >= 15 is 0 Å². The Balaban J connectivity index is 1.47. The minimum absolute atomic E-state index is 0.203. The number of benzene rings is 3. The normalized spacial score (nSPS) is 14.2. The Morgan fingerprint density at radius 1 is 1.07 bits per heavy atom. The molecule has 1 saturated heterocycles. The van der Waals surface area contributed by atoms with Crippen molar-refractivity contribution in [3.8, 4) is 11.5 Å². The van der Waals surface area contributed by atoms with Gasteiger partial charge in [0.2, 0.25) is 5.91 Å². The molecule has 0 radical (unpaired) electrons. The van der Waals surface area contributed by atoms with E-state index < -0.39 is 17.1 Å². The maximum atomic E-state index is 13.1. The molecule has 214 valence electrons. The zero-order chi connectivity index (χ0) is 29.7. The highest BCUT2D eigenvalue weighted by Gasteiger charge is 2.36. The van der Waals surface area contributed by atoms with Crippen LogP contribution in [0.1, 0.15) is 43.4 Å². The zero-order valence-corrected chi connectivity index (χ0v) is 27.0. The van der Waals surface area contributed by atoms with E-state index in [0.717, 1.165) is 31.4 Å². The van der Waals surface area contributed by atoms with Crippen LogP contribution in [0.2, 0.25) is 10.0 Å². The molecular weight excluding hydrogens is 698 g/mol. The van der Waals surface area contributed by atoms with Crippen molar-refractivity contribution in [2.75, 3.05) is 18.5 Å². The molecule has 41 heavy (non-hydrogen) atoms. The first-order valence-electron chi connectivity index (χ1n) is 12.7. The van der Waals surface area contributed by atoms with Gasteiger partial charge in [-0.1, -0.05) is 55.2 Å². The summed E-state index contributed by atoms with van der Waals surface area (Å²) < 4.78 is 12.6. The molecule has 1 heterocycles. The predicted molar refractivity (Wildman–Crippen MR) is 173 cm³/mol. The molecule has 0 atom stereocenters. The van der Waals surface area contributed by atoms with Crippen LogP contribution in [0.25, 0.3) is 6.08 Å². The van der Waals surface area contributed by atoms with Gasteiger partial charge in [0.1, 0.15) is 13.2 Å². The molecule has 3 amide bonds. The largest absolute Gasteiger partial charge is 0.490 e. The second-order valence-corrected chi connectivity index (χ2v) is 12.4. The number of amides is 3. The lowest BCUT2D eigenvalue weighted by atomic mass is 10.0. The van der Waals surface area contributed by atoms with Crippen molar-refractivity contribution in [3.05, 3.63) is 89.8 Å². The third kappa shape index (κ3) is 7.97. The van der Waals surface area contributed by atoms with Crippen LogP contribution in [0.15, 0.2) is 59.5 Å². The number of anilines is 1. The summed E-state index contributed by atoms with van der Waals surface area (Å²) in [4.78, 5) is 39.5. The molecule has 0 bridgehead atoms. The monoisotopic (exact) mass is 724 g/mol. The first kappa shape index (κ1) is 31.2. The van der Waals surface area contributed by atoms with Crippen LogP contribution < -0.4 is 14.8 Å². The average Bonchev–Trinajstić information content (AvgIpc) is 3.16. The van der Waals surface area contributed by atoms with Gasteiger partial charge in [0.25, 0.3) is 11.1 Å². The van der Waals surface area contributed by atoms with Crippen molar-refractivity contribution in [1.82, 2.24) is 4.90 Å². The number of nitrogens with one attached hydrogen (secondary N) is 1. The molecule has 1 aliphatic heterocycles. The summed E-state index contributed by atoms with van der Waals surface area (Å²) in [5.74, 6) is 0.392. The van der Waals surface area contributed by atoms with Gasteiger partial charge in [-0.2, -0.15) is 0 Å². The number of hydrogen-bond donors (Lipinski definition) is 1. The number of carbonyl (C=O) groups is 3. The predicted octanol–water partition coefficient (Wildman–Crippen LogP) is 8.37. The molecule has 1 aliphatic rings. The Morgan fingerprint density at radius 2 is 1.80 bits per heavy atom. The quantitative estimate of drug-likeness (QED) is 0.167. The Kier molecular flexibility index (Phi) is 10.6. The van der Waals surface area contributed by atoms with Crippen LogP contribution in [0.4, 0.5) is 10.5 Å². The molecule has 1 fully saturated rings. The summed E-state index contributed by atoms with van der Waals surface area (Å²) in [7, 11) is 0. The Morgan fingerprint density at radius 3 is 2.46 bits per heavy atom. The molecule has 3 aromatic carbocycles. The minimum Gasteiger partial charge on any atom is -0.490 e. The maximum absolute atomic E-state index is 13.1. The van der Waals surface area contributed by atoms with Gasteiger partial charge in [-0.25, -0.2) is 0 Å². The number of hydrogen-bond acceptors (Lipinski definition) is 6. The van der Waals surface area contributed by atoms with E-state index in [1.165, 1.54) is 0 Å². The Labute approximate surface area is 266 Å². The third-order valence-electron chi connectivity index (χ3n) is 6.05. The zero-order valence-electron chi connectivity index (χ0n) is 22.5. The first-order valence-corrected chi connectivity index (χ1v) is 15.4. The van der Waals surface area contributed by atoms with Gasteiger partial charge in [-0.15, -0.1) is 0 Å². The average molecular weight is 725 g/mol. The minimum atomic E-state index is -0.531. The number of thioether (sulfide) groups is 1. The van der Waals surface area contributed by atoms with Crippen molar-refractivity contribution in [2.45, 2.75) is 33.3 Å². The topological polar surface area (TPSA) is 84.9 Å². The molecule has 1 N–H and O–H groups in total. The first-order chi connectivity index (χ1) is 19.5. The molecule has 0 spiro atoms. The molecule has 7 nitrogen and oxygen atoms in total. The third-order valence-corrected chi connectivity index (χ3v) is 8.35. The van der Waals surface area contributed by atoms with E-state index in [0.29, 0.717) is 45.3 Å². The lowest BCUT2D eigenvalue weighted by Gasteiger charge is -2.15. The molecule has 3 aromatic rings. The molecule has 11 heteroatoms. The SMILES string of the molecule is CCOc1cc(/C=C2/SC(=O)N(CC(=O)Nc3ccc(C(C)C)cc3)C2=O)cc(I)c1OCc1ccc(Cl)cc1Cl. The van der Waals surface area contributed by atoms with Gasteiger partial charge >= 0.3 is 0 Å². The van der Waals surface area contributed by atoms with E-state index in [1.54, 1.807) is 42.5 Å². The molecule has 0 unspecified atom stereocenters. The van der Waals surface area contributed by atoms with Crippen LogP contribution in [0, 0.1) is 3.57 Å². The summed E-state index contributed by atoms with van der Waals surface area (Å²) in [6, 6.07) is 16.2. The number of ether oxygens (including phenoxy) is 2. The van der Waals surface area contributed by atoms with Crippen LogP contribution >= 0.6 is 57.6 Å². The summed E-state index contributed by atoms with van der Waals surface area (Å²) >= 11 is 15.2. The summed E-state index contributed by atoms with van der Waals surface area (Å²) in [6.07, 6.45) is 1.61. The van der Waals surface area contributed by atoms with Gasteiger partial charge in [0, 0.05) is 21.3 Å². The number of nitrogens with zero attached hydrogens (tertiary/aromatic N) is 1. The highest BCUT2D eigenvalue weighted by atomic mass is 127. The molecule has 0 aliphatic carbocycles. The molecule has 0 aromatic heterocycles. The van der Waals surface area contributed by atoms with Gasteiger partial charge < -0.3 is 14.8 Å². The van der Waals surface area contributed by atoms with Crippen LogP contribution in [-0.4, -0.2) is 35.1 Å². The van der Waals surface area contributed by atoms with Crippen molar-refractivity contribution < 1.29 is 23.9 Å². The smallest absolute Gasteiger partial charge is 0.294 e. The van der Waals surface area contributed by atoms with Gasteiger partial charge in [0.05, 0.1) is 15.1 Å². The Hall–Kier alpha value is -2.73. The van der Waals surface area contributed by atoms with E-state index in [1.807, 2.05) is 25.1 Å². The standard InChI is InChI=1S/C30H27Cl2IN2O5S/c1-4-39-25-12-18(11-24(33)28(25)40-16-20-5-8-21(31)14-23(20)32)13-26-29(37)35(30(38)41-26)15-27(36)34-22-9-6-19(7-10-22)17(2)3/h5-14,17H,4,15-16H2,1-3H3,(H,34,36)/b26-13+.